The standard InChI is InChI=1S/C20H24N6O4S/c1-13(27)22-12-14-6-9-26(10-7-14)19-18-17(8-11-30-18)24-20(25-19)23-15-2-4-16(5-3-15)31(21,28)29/h2-5,8,11,14H,6-7,9-10,12H2,1H3,(H,22,27)(H2,21,28,29)(H,23,24,25). The maximum atomic E-state index is 11.4. The Morgan fingerprint density at radius 1 is 1.19 bits per heavy atom. The topological polar surface area (TPSA) is 143 Å². The van der Waals surface area contributed by atoms with E-state index in [1.54, 1.807) is 24.5 Å². The molecule has 1 aliphatic heterocycles. The zero-order valence-corrected chi connectivity index (χ0v) is 17.9. The van der Waals surface area contributed by atoms with Crippen LogP contribution in [0, 0.1) is 5.92 Å². The highest BCUT2D eigenvalue weighted by atomic mass is 32.2. The summed E-state index contributed by atoms with van der Waals surface area (Å²) in [5.74, 6) is 1.51. The Morgan fingerprint density at radius 2 is 1.90 bits per heavy atom. The van der Waals surface area contributed by atoms with E-state index in [0.717, 1.165) is 25.9 Å². The van der Waals surface area contributed by atoms with E-state index < -0.39 is 10.0 Å². The molecule has 3 aromatic rings. The smallest absolute Gasteiger partial charge is 0.238 e. The first-order chi connectivity index (χ1) is 14.8. The number of carbonyl (C=O) groups is 1. The molecule has 0 aliphatic carbocycles. The minimum atomic E-state index is -3.75. The number of furan rings is 1. The molecule has 0 radical (unpaired) electrons. The van der Waals surface area contributed by atoms with Crippen molar-refractivity contribution in [3.63, 3.8) is 0 Å². The number of anilines is 3. The summed E-state index contributed by atoms with van der Waals surface area (Å²) in [6.45, 7) is 3.80. The number of piperidine rings is 1. The van der Waals surface area contributed by atoms with Crippen LogP contribution >= 0.6 is 0 Å². The van der Waals surface area contributed by atoms with Crippen molar-refractivity contribution in [1.82, 2.24) is 15.3 Å². The van der Waals surface area contributed by atoms with Gasteiger partial charge in [-0.15, -0.1) is 0 Å². The highest BCUT2D eigenvalue weighted by Crippen LogP contribution is 2.30. The van der Waals surface area contributed by atoms with Gasteiger partial charge in [-0.2, -0.15) is 4.98 Å². The molecule has 1 amide bonds. The molecule has 3 heterocycles. The molecule has 0 atom stereocenters. The minimum Gasteiger partial charge on any atom is -0.459 e. The number of hydrogen-bond donors (Lipinski definition) is 3. The van der Waals surface area contributed by atoms with Crippen LogP contribution in [0.4, 0.5) is 17.5 Å². The summed E-state index contributed by atoms with van der Waals surface area (Å²) >= 11 is 0. The van der Waals surface area contributed by atoms with Gasteiger partial charge in [0.2, 0.25) is 21.9 Å². The number of fused-ring (bicyclic) bond motifs is 1. The molecule has 1 aromatic carbocycles. The van der Waals surface area contributed by atoms with Crippen LogP contribution in [0.2, 0.25) is 0 Å². The Hall–Kier alpha value is -3.18. The van der Waals surface area contributed by atoms with Gasteiger partial charge in [0.05, 0.1) is 11.2 Å². The first kappa shape index (κ1) is 21.1. The zero-order chi connectivity index (χ0) is 22.0. The van der Waals surface area contributed by atoms with Gasteiger partial charge in [-0.05, 0) is 43.0 Å². The predicted octanol–water partition coefficient (Wildman–Crippen LogP) is 1.97. The van der Waals surface area contributed by atoms with Gasteiger partial charge < -0.3 is 20.0 Å². The van der Waals surface area contributed by atoms with Crippen LogP contribution in [0.5, 0.6) is 0 Å². The Morgan fingerprint density at radius 3 is 2.55 bits per heavy atom. The molecule has 0 unspecified atom stereocenters. The van der Waals surface area contributed by atoms with E-state index in [1.165, 1.54) is 19.1 Å². The lowest BCUT2D eigenvalue weighted by Gasteiger charge is -2.32. The van der Waals surface area contributed by atoms with E-state index in [9.17, 15) is 13.2 Å². The summed E-state index contributed by atoms with van der Waals surface area (Å²) in [7, 11) is -3.75. The maximum Gasteiger partial charge on any atom is 0.238 e. The van der Waals surface area contributed by atoms with E-state index >= 15 is 0 Å². The number of hydrogen-bond acceptors (Lipinski definition) is 8. The number of nitrogens with zero attached hydrogens (tertiary/aromatic N) is 3. The number of benzene rings is 1. The van der Waals surface area contributed by atoms with Gasteiger partial charge in [-0.3, -0.25) is 4.79 Å². The Balaban J connectivity index is 1.53. The first-order valence-electron chi connectivity index (χ1n) is 9.94. The molecular formula is C20H24N6O4S. The number of primary sulfonamides is 1. The number of nitrogens with two attached hydrogens (primary N) is 1. The highest BCUT2D eigenvalue weighted by molar-refractivity contribution is 7.89. The normalized spacial score (nSPS) is 15.2. The van der Waals surface area contributed by atoms with E-state index in [0.29, 0.717) is 41.0 Å². The largest absolute Gasteiger partial charge is 0.459 e. The average molecular weight is 445 g/mol. The number of rotatable bonds is 6. The minimum absolute atomic E-state index is 0.0108. The third-order valence-electron chi connectivity index (χ3n) is 5.28. The van der Waals surface area contributed by atoms with E-state index in [-0.39, 0.29) is 10.8 Å². The fourth-order valence-electron chi connectivity index (χ4n) is 3.61. The van der Waals surface area contributed by atoms with Gasteiger partial charge in [0.25, 0.3) is 0 Å². The number of aromatic nitrogens is 2. The number of sulfonamides is 1. The van der Waals surface area contributed by atoms with Gasteiger partial charge >= 0.3 is 0 Å². The van der Waals surface area contributed by atoms with Gasteiger partial charge in [0, 0.05) is 38.3 Å². The summed E-state index contributed by atoms with van der Waals surface area (Å²) in [5, 5.41) is 11.1. The number of carbonyl (C=O) groups excluding carboxylic acids is 1. The molecule has 10 nitrogen and oxygen atoms in total. The predicted molar refractivity (Wildman–Crippen MR) is 117 cm³/mol. The van der Waals surface area contributed by atoms with Crippen molar-refractivity contribution in [3.8, 4) is 0 Å². The van der Waals surface area contributed by atoms with Crippen molar-refractivity contribution < 1.29 is 17.6 Å². The Kier molecular flexibility index (Phi) is 5.79. The summed E-state index contributed by atoms with van der Waals surface area (Å²) in [5.41, 5.74) is 1.93. The van der Waals surface area contributed by atoms with Crippen molar-refractivity contribution in [2.24, 2.45) is 11.1 Å². The molecule has 0 spiro atoms. The van der Waals surface area contributed by atoms with Crippen molar-refractivity contribution in [2.45, 2.75) is 24.7 Å². The van der Waals surface area contributed by atoms with Crippen LogP contribution in [0.25, 0.3) is 11.1 Å². The van der Waals surface area contributed by atoms with Crippen LogP contribution in [0.3, 0.4) is 0 Å². The van der Waals surface area contributed by atoms with Crippen LogP contribution in [-0.4, -0.2) is 43.9 Å². The second-order valence-corrected chi connectivity index (χ2v) is 9.13. The lowest BCUT2D eigenvalue weighted by atomic mass is 9.97. The second-order valence-electron chi connectivity index (χ2n) is 7.57. The van der Waals surface area contributed by atoms with Gasteiger partial charge in [0.15, 0.2) is 11.4 Å². The SMILES string of the molecule is CC(=O)NCC1CCN(c2nc(Nc3ccc(S(N)(=O)=O)cc3)nc3ccoc23)CC1. The van der Waals surface area contributed by atoms with E-state index in [1.807, 2.05) is 0 Å². The van der Waals surface area contributed by atoms with Crippen molar-refractivity contribution in [3.05, 3.63) is 36.6 Å². The molecule has 1 fully saturated rings. The number of amides is 1. The van der Waals surface area contributed by atoms with Crippen molar-refractivity contribution >= 4 is 44.5 Å². The summed E-state index contributed by atoms with van der Waals surface area (Å²) in [6, 6.07) is 7.84. The third kappa shape index (κ3) is 4.94. The van der Waals surface area contributed by atoms with Gasteiger partial charge in [-0.1, -0.05) is 0 Å². The van der Waals surface area contributed by atoms with Crippen molar-refractivity contribution in [1.29, 1.82) is 0 Å². The monoisotopic (exact) mass is 444 g/mol. The summed E-state index contributed by atoms with van der Waals surface area (Å²) in [4.78, 5) is 22.5. The fourth-order valence-corrected chi connectivity index (χ4v) is 4.13. The van der Waals surface area contributed by atoms with Crippen molar-refractivity contribution in [2.75, 3.05) is 29.9 Å². The molecule has 0 saturated carbocycles. The van der Waals surface area contributed by atoms with Gasteiger partial charge in [0.1, 0.15) is 5.52 Å². The first-order valence-corrected chi connectivity index (χ1v) is 11.5. The number of nitrogens with one attached hydrogen (secondary N) is 2. The lowest BCUT2D eigenvalue weighted by Crippen LogP contribution is -2.38. The molecule has 0 bridgehead atoms. The third-order valence-corrected chi connectivity index (χ3v) is 6.21. The fraction of sp³-hybridized carbons (Fsp3) is 0.350. The second kappa shape index (κ2) is 8.52. The van der Waals surface area contributed by atoms with Crippen LogP contribution in [0.15, 0.2) is 45.9 Å². The van der Waals surface area contributed by atoms with Crippen LogP contribution in [-0.2, 0) is 14.8 Å². The lowest BCUT2D eigenvalue weighted by molar-refractivity contribution is -0.119. The van der Waals surface area contributed by atoms with Crippen LogP contribution in [0.1, 0.15) is 19.8 Å². The Labute approximate surface area is 179 Å². The summed E-state index contributed by atoms with van der Waals surface area (Å²) in [6.07, 6.45) is 3.45. The average Bonchev–Trinajstić information content (AvgIpc) is 3.20. The van der Waals surface area contributed by atoms with E-state index in [2.05, 4.69) is 25.5 Å². The van der Waals surface area contributed by atoms with Crippen LogP contribution < -0.4 is 20.7 Å². The molecule has 2 aromatic heterocycles. The quantitative estimate of drug-likeness (QED) is 0.523. The maximum absolute atomic E-state index is 11.4. The highest BCUT2D eigenvalue weighted by Gasteiger charge is 2.24. The van der Waals surface area contributed by atoms with E-state index in [4.69, 9.17) is 9.56 Å². The molecular weight excluding hydrogens is 420 g/mol. The molecule has 31 heavy (non-hydrogen) atoms. The van der Waals surface area contributed by atoms with Gasteiger partial charge in [-0.25, -0.2) is 18.5 Å². The molecule has 11 heteroatoms. The molecule has 164 valence electrons. The zero-order valence-electron chi connectivity index (χ0n) is 17.0. The molecule has 1 aliphatic rings. The summed E-state index contributed by atoms with van der Waals surface area (Å²) < 4.78 is 28.5. The molecule has 4 N–H and O–H groups in total. The Bertz CT molecular complexity index is 1180. The molecule has 1 saturated heterocycles. The molecule has 4 rings (SSSR count).